The lowest BCUT2D eigenvalue weighted by Gasteiger charge is -2.11. The summed E-state index contributed by atoms with van der Waals surface area (Å²) in [6.07, 6.45) is 1.94. The van der Waals surface area contributed by atoms with Gasteiger partial charge in [-0.25, -0.2) is 19.2 Å². The van der Waals surface area contributed by atoms with E-state index >= 15 is 0 Å². The highest BCUT2D eigenvalue weighted by atomic mass is 16.6. The van der Waals surface area contributed by atoms with Gasteiger partial charge in [-0.1, -0.05) is 50.0 Å². The molecule has 0 saturated heterocycles. The third-order valence-corrected chi connectivity index (χ3v) is 5.33. The predicted molar refractivity (Wildman–Crippen MR) is 164 cm³/mol. The van der Waals surface area contributed by atoms with Crippen molar-refractivity contribution in [2.45, 2.75) is 13.8 Å². The molecule has 0 aliphatic heterocycles. The number of rotatable bonds is 8. The maximum atomic E-state index is 12.2. The molecule has 0 bridgehead atoms. The molecule has 0 aliphatic rings. The minimum Gasteiger partial charge on any atom is -0.423 e. The van der Waals surface area contributed by atoms with Crippen LogP contribution in [0, 0.1) is 23.7 Å². The van der Waals surface area contributed by atoms with Gasteiger partial charge in [-0.2, -0.15) is 0 Å². The topological polar surface area (TPSA) is 105 Å². The lowest BCUT2D eigenvalue weighted by Crippen LogP contribution is -2.09. The van der Waals surface area contributed by atoms with Gasteiger partial charge in [0.2, 0.25) is 0 Å². The fourth-order valence-electron chi connectivity index (χ4n) is 3.13. The van der Waals surface area contributed by atoms with E-state index in [1.54, 1.807) is 55.5 Å². The molecule has 0 aliphatic carbocycles. The molecular weight excluding hydrogens is 560 g/mol. The maximum absolute atomic E-state index is 12.2. The Morgan fingerprint density at radius 1 is 0.568 bits per heavy atom. The molecule has 0 heterocycles. The molecule has 0 radical (unpaired) electrons. The average molecular weight is 587 g/mol. The van der Waals surface area contributed by atoms with Crippen molar-refractivity contribution in [2.24, 2.45) is 0 Å². The molecule has 0 spiro atoms. The second-order valence-corrected chi connectivity index (χ2v) is 8.99. The van der Waals surface area contributed by atoms with Crippen molar-refractivity contribution >= 4 is 23.9 Å². The fourth-order valence-corrected chi connectivity index (χ4v) is 3.13. The molecule has 0 amide bonds. The summed E-state index contributed by atoms with van der Waals surface area (Å²) in [6, 6.07) is 15.7. The van der Waals surface area contributed by atoms with Gasteiger partial charge in [-0.15, -0.1) is 0 Å². The number of carbonyl (C=O) groups is 4. The lowest BCUT2D eigenvalue weighted by molar-refractivity contribution is -0.130. The van der Waals surface area contributed by atoms with Gasteiger partial charge in [0.25, 0.3) is 0 Å². The van der Waals surface area contributed by atoms with Crippen LogP contribution in [0.15, 0.2) is 110 Å². The molecule has 3 aromatic rings. The van der Waals surface area contributed by atoms with E-state index in [-0.39, 0.29) is 28.2 Å². The first-order chi connectivity index (χ1) is 21.0. The smallest absolute Gasteiger partial charge is 0.338 e. The Hall–Kier alpha value is -6.38. The van der Waals surface area contributed by atoms with Crippen LogP contribution in [0.3, 0.4) is 0 Å². The molecule has 0 unspecified atom stereocenters. The summed E-state index contributed by atoms with van der Waals surface area (Å²) in [5, 5.41) is 0. The van der Waals surface area contributed by atoms with Crippen LogP contribution in [0.4, 0.5) is 0 Å². The Morgan fingerprint density at radius 3 is 1.30 bits per heavy atom. The predicted octanol–water partition coefficient (Wildman–Crippen LogP) is 5.63. The first kappa shape index (κ1) is 32.1. The monoisotopic (exact) mass is 586 g/mol. The molecule has 44 heavy (non-hydrogen) atoms. The van der Waals surface area contributed by atoms with Crippen LogP contribution in [0.5, 0.6) is 23.0 Å². The fraction of sp³-hybridized carbons (Fsp3) is 0.0556. The molecule has 0 saturated carbocycles. The highest BCUT2D eigenvalue weighted by Crippen LogP contribution is 2.31. The van der Waals surface area contributed by atoms with Gasteiger partial charge in [-0.3, -0.25) is 0 Å². The summed E-state index contributed by atoms with van der Waals surface area (Å²) < 4.78 is 21.2. The van der Waals surface area contributed by atoms with Gasteiger partial charge < -0.3 is 18.9 Å². The number of ether oxygens (including phenoxy) is 4. The summed E-state index contributed by atoms with van der Waals surface area (Å²) in [7, 11) is 0. The summed E-state index contributed by atoms with van der Waals surface area (Å²) in [6.45, 7) is 17.0. The largest absolute Gasteiger partial charge is 0.423 e. The van der Waals surface area contributed by atoms with Gasteiger partial charge in [0.1, 0.15) is 17.1 Å². The van der Waals surface area contributed by atoms with Crippen LogP contribution in [-0.2, 0) is 19.2 Å². The highest BCUT2D eigenvalue weighted by Gasteiger charge is 2.16. The number of carbonyl (C=O) groups excluding carboxylic acids is 4. The molecule has 3 rings (SSSR count). The first-order valence-corrected chi connectivity index (χ1v) is 12.8. The van der Waals surface area contributed by atoms with E-state index in [9.17, 15) is 19.2 Å². The van der Waals surface area contributed by atoms with Crippen molar-refractivity contribution in [3.63, 3.8) is 0 Å². The molecule has 0 aromatic heterocycles. The van der Waals surface area contributed by atoms with Crippen molar-refractivity contribution in [2.75, 3.05) is 0 Å². The summed E-state index contributed by atoms with van der Waals surface area (Å²) >= 11 is 0. The Balaban J connectivity index is 2.02. The molecule has 0 atom stereocenters. The zero-order valence-corrected chi connectivity index (χ0v) is 24.0. The van der Waals surface area contributed by atoms with E-state index in [2.05, 4.69) is 50.0 Å². The molecule has 8 heteroatoms. The van der Waals surface area contributed by atoms with E-state index in [1.807, 2.05) is 0 Å². The second kappa shape index (κ2) is 15.0. The summed E-state index contributed by atoms with van der Waals surface area (Å²) in [5.74, 6) is 9.57. The quantitative estimate of drug-likeness (QED) is 0.145. The minimum absolute atomic E-state index is 0.0323. The third-order valence-electron chi connectivity index (χ3n) is 5.33. The van der Waals surface area contributed by atoms with E-state index in [4.69, 9.17) is 18.9 Å². The minimum atomic E-state index is -0.775. The average Bonchev–Trinajstić information content (AvgIpc) is 3.00. The molecule has 8 nitrogen and oxygen atoms in total. The van der Waals surface area contributed by atoms with E-state index in [0.717, 1.165) is 12.2 Å². The Bertz CT molecular complexity index is 1760. The van der Waals surface area contributed by atoms with Crippen LogP contribution in [0.25, 0.3) is 0 Å². The van der Waals surface area contributed by atoms with Crippen molar-refractivity contribution in [3.8, 4) is 46.7 Å². The highest BCUT2D eigenvalue weighted by molar-refractivity contribution is 5.89. The first-order valence-electron chi connectivity index (χ1n) is 12.8. The number of hydrogen-bond donors (Lipinski definition) is 0. The van der Waals surface area contributed by atoms with Crippen molar-refractivity contribution in [1.82, 2.24) is 0 Å². The Morgan fingerprint density at radius 2 is 0.932 bits per heavy atom. The molecule has 218 valence electrons. The van der Waals surface area contributed by atoms with Crippen molar-refractivity contribution in [1.29, 1.82) is 0 Å². The van der Waals surface area contributed by atoms with Gasteiger partial charge in [0.15, 0.2) is 11.5 Å². The Labute approximate surface area is 254 Å². The SMILES string of the molecule is C=CC(=O)Oc1cc(C#Cc2ccc(OC(=O)C(=C)C)cc2)cc(OC(=O)C=C)c1C#Cc1ccc(OC(=O)C(=C)C)cc1. The summed E-state index contributed by atoms with van der Waals surface area (Å²) in [4.78, 5) is 47.8. The summed E-state index contributed by atoms with van der Waals surface area (Å²) in [5.41, 5.74) is 2.03. The second-order valence-electron chi connectivity index (χ2n) is 8.99. The molecule has 0 fully saturated rings. The standard InChI is InChI=1S/C36H26O8/c1-7-33(37)43-31-21-27(10-9-25-11-16-28(17-12-25)41-35(39)23(3)4)22-32(44-34(38)8-2)30(31)20-15-26-13-18-29(19-14-26)42-36(40)24(5)6/h7-8,11-14,16-19,21-22H,1-3,5H2,4,6H3. The zero-order valence-electron chi connectivity index (χ0n) is 24.0. The van der Waals surface area contributed by atoms with E-state index < -0.39 is 23.9 Å². The van der Waals surface area contributed by atoms with Gasteiger partial charge in [0, 0.05) is 40.0 Å². The molecule has 0 N–H and O–H groups in total. The number of benzene rings is 3. The lowest BCUT2D eigenvalue weighted by atomic mass is 10.1. The van der Waals surface area contributed by atoms with Crippen molar-refractivity contribution < 1.29 is 38.1 Å². The third kappa shape index (κ3) is 9.34. The van der Waals surface area contributed by atoms with Crippen molar-refractivity contribution in [3.05, 3.63) is 133 Å². The van der Waals surface area contributed by atoms with Gasteiger partial charge in [-0.05, 0) is 74.5 Å². The zero-order chi connectivity index (χ0) is 32.2. The maximum Gasteiger partial charge on any atom is 0.338 e. The Kier molecular flexibility index (Phi) is 11.0. The van der Waals surface area contributed by atoms with Crippen LogP contribution in [0.2, 0.25) is 0 Å². The van der Waals surface area contributed by atoms with Crippen LogP contribution < -0.4 is 18.9 Å². The molecule has 3 aromatic carbocycles. The normalized spacial score (nSPS) is 9.50. The van der Waals surface area contributed by atoms with Gasteiger partial charge >= 0.3 is 23.9 Å². The van der Waals surface area contributed by atoms with Crippen LogP contribution in [-0.4, -0.2) is 23.9 Å². The van der Waals surface area contributed by atoms with E-state index in [0.29, 0.717) is 28.2 Å². The number of hydrogen-bond acceptors (Lipinski definition) is 8. The molecular formula is C36H26O8. The van der Waals surface area contributed by atoms with Gasteiger partial charge in [0.05, 0.1) is 0 Å². The number of esters is 4. The van der Waals surface area contributed by atoms with E-state index in [1.165, 1.54) is 19.1 Å². The van der Waals surface area contributed by atoms with Crippen LogP contribution >= 0.6 is 0 Å². The van der Waals surface area contributed by atoms with Crippen LogP contribution in [0.1, 0.15) is 36.1 Å².